The molecule has 0 saturated heterocycles. The molecular weight excluding hydrogens is 355 g/mol. The van der Waals surface area contributed by atoms with E-state index in [1.54, 1.807) is 23.1 Å². The molecule has 1 unspecified atom stereocenters. The highest BCUT2D eigenvalue weighted by molar-refractivity contribution is 14.1. The maximum atomic E-state index is 12.5. The molecule has 106 valence electrons. The molecule has 4 nitrogen and oxygen atoms in total. The maximum absolute atomic E-state index is 12.5. The quantitative estimate of drug-likeness (QED) is 0.803. The number of nitrogens with zero attached hydrogens (tertiary/aromatic N) is 2. The first-order chi connectivity index (χ1) is 8.86. The number of hydrogen-bond acceptors (Lipinski definition) is 3. The molecule has 1 rings (SSSR count). The third-order valence-corrected chi connectivity index (χ3v) is 3.62. The SMILES string of the molecule is CCN(C(=O)c1cc(I)ccc1O)C(C)CN(C)C. The summed E-state index contributed by atoms with van der Waals surface area (Å²) in [5.41, 5.74) is 0.374. The van der Waals surface area contributed by atoms with E-state index in [0.29, 0.717) is 12.1 Å². The van der Waals surface area contributed by atoms with Crippen molar-refractivity contribution in [1.29, 1.82) is 0 Å². The maximum Gasteiger partial charge on any atom is 0.257 e. The summed E-state index contributed by atoms with van der Waals surface area (Å²) in [6, 6.07) is 5.18. The molecule has 1 amide bonds. The predicted octanol–water partition coefficient (Wildman–Crippen LogP) is 2.41. The highest BCUT2D eigenvalue weighted by Crippen LogP contribution is 2.22. The van der Waals surface area contributed by atoms with Gasteiger partial charge in [0.2, 0.25) is 0 Å². The number of aromatic hydroxyl groups is 1. The number of phenols is 1. The van der Waals surface area contributed by atoms with Crippen LogP contribution in [0.4, 0.5) is 0 Å². The molecule has 0 spiro atoms. The highest BCUT2D eigenvalue weighted by Gasteiger charge is 2.22. The third kappa shape index (κ3) is 4.35. The van der Waals surface area contributed by atoms with Crippen molar-refractivity contribution >= 4 is 28.5 Å². The van der Waals surface area contributed by atoms with Crippen LogP contribution in [0.3, 0.4) is 0 Å². The number of halogens is 1. The fourth-order valence-corrected chi connectivity index (χ4v) is 2.61. The van der Waals surface area contributed by atoms with Crippen molar-refractivity contribution in [2.24, 2.45) is 0 Å². The molecule has 0 radical (unpaired) electrons. The van der Waals surface area contributed by atoms with Crippen LogP contribution >= 0.6 is 22.6 Å². The second kappa shape index (κ2) is 7.09. The Balaban J connectivity index is 2.98. The standard InChI is InChI=1S/C14H21IN2O2/c1-5-17(10(2)9-16(3)4)14(19)12-8-11(15)6-7-13(12)18/h6-8,10,18H,5,9H2,1-4H3. The van der Waals surface area contributed by atoms with E-state index >= 15 is 0 Å². The van der Waals surface area contributed by atoms with Gasteiger partial charge in [-0.05, 0) is 68.7 Å². The van der Waals surface area contributed by atoms with E-state index in [-0.39, 0.29) is 17.7 Å². The van der Waals surface area contributed by atoms with Crippen LogP contribution in [0.2, 0.25) is 0 Å². The van der Waals surface area contributed by atoms with Crippen LogP contribution in [-0.2, 0) is 0 Å². The monoisotopic (exact) mass is 376 g/mol. The van der Waals surface area contributed by atoms with Crippen molar-refractivity contribution in [2.45, 2.75) is 19.9 Å². The van der Waals surface area contributed by atoms with Gasteiger partial charge < -0.3 is 14.9 Å². The molecular formula is C14H21IN2O2. The van der Waals surface area contributed by atoms with Gasteiger partial charge in [0.15, 0.2) is 0 Å². The Hall–Kier alpha value is -0.820. The summed E-state index contributed by atoms with van der Waals surface area (Å²) in [7, 11) is 3.97. The van der Waals surface area contributed by atoms with Crippen LogP contribution in [0.25, 0.3) is 0 Å². The lowest BCUT2D eigenvalue weighted by Gasteiger charge is -2.30. The van der Waals surface area contributed by atoms with Gasteiger partial charge in [-0.15, -0.1) is 0 Å². The topological polar surface area (TPSA) is 43.8 Å². The number of carbonyl (C=O) groups is 1. The zero-order chi connectivity index (χ0) is 14.6. The molecule has 0 heterocycles. The number of carbonyl (C=O) groups excluding carboxylic acids is 1. The largest absolute Gasteiger partial charge is 0.507 e. The van der Waals surface area contributed by atoms with Crippen molar-refractivity contribution in [3.05, 3.63) is 27.3 Å². The Morgan fingerprint density at radius 2 is 2.05 bits per heavy atom. The molecule has 0 fully saturated rings. The summed E-state index contributed by atoms with van der Waals surface area (Å²) < 4.78 is 0.940. The van der Waals surface area contributed by atoms with Gasteiger partial charge in [0, 0.05) is 22.7 Å². The van der Waals surface area contributed by atoms with Gasteiger partial charge >= 0.3 is 0 Å². The summed E-state index contributed by atoms with van der Waals surface area (Å²) in [4.78, 5) is 16.3. The molecule has 1 atom stereocenters. The molecule has 5 heteroatoms. The van der Waals surface area contributed by atoms with E-state index in [1.807, 2.05) is 27.9 Å². The number of likely N-dealkylation sites (N-methyl/N-ethyl adjacent to an activating group) is 2. The smallest absolute Gasteiger partial charge is 0.257 e. The van der Waals surface area contributed by atoms with Gasteiger partial charge in [0.1, 0.15) is 5.75 Å². The van der Waals surface area contributed by atoms with E-state index in [1.165, 1.54) is 0 Å². The molecule has 1 aromatic rings. The fraction of sp³-hybridized carbons (Fsp3) is 0.500. The first-order valence-electron chi connectivity index (χ1n) is 6.31. The second-order valence-electron chi connectivity index (χ2n) is 4.86. The number of amides is 1. The summed E-state index contributed by atoms with van der Waals surface area (Å²) in [6.45, 7) is 5.39. The van der Waals surface area contributed by atoms with Gasteiger partial charge in [-0.1, -0.05) is 0 Å². The van der Waals surface area contributed by atoms with Gasteiger partial charge in [-0.2, -0.15) is 0 Å². The highest BCUT2D eigenvalue weighted by atomic mass is 127. The average molecular weight is 376 g/mol. The van der Waals surface area contributed by atoms with E-state index in [9.17, 15) is 9.90 Å². The molecule has 0 aliphatic heterocycles. The predicted molar refractivity (Wildman–Crippen MR) is 85.6 cm³/mol. The van der Waals surface area contributed by atoms with Crippen LogP contribution in [-0.4, -0.2) is 54.0 Å². The van der Waals surface area contributed by atoms with Crippen molar-refractivity contribution in [1.82, 2.24) is 9.80 Å². The molecule has 0 aliphatic carbocycles. The first-order valence-corrected chi connectivity index (χ1v) is 7.38. The molecule has 1 N–H and O–H groups in total. The van der Waals surface area contributed by atoms with Crippen LogP contribution in [0.1, 0.15) is 24.2 Å². The number of rotatable bonds is 5. The van der Waals surface area contributed by atoms with Crippen molar-refractivity contribution in [3.8, 4) is 5.75 Å². The summed E-state index contributed by atoms with van der Waals surface area (Å²) >= 11 is 2.14. The summed E-state index contributed by atoms with van der Waals surface area (Å²) in [5, 5.41) is 9.85. The summed E-state index contributed by atoms with van der Waals surface area (Å²) in [6.07, 6.45) is 0. The molecule has 0 aromatic heterocycles. The number of benzene rings is 1. The van der Waals surface area contributed by atoms with Crippen molar-refractivity contribution in [2.75, 3.05) is 27.2 Å². The Bertz CT molecular complexity index is 449. The minimum atomic E-state index is -0.118. The Morgan fingerprint density at radius 1 is 1.42 bits per heavy atom. The third-order valence-electron chi connectivity index (χ3n) is 2.95. The lowest BCUT2D eigenvalue weighted by atomic mass is 10.1. The van der Waals surface area contributed by atoms with Crippen LogP contribution in [0, 0.1) is 3.57 Å². The molecule has 1 aromatic carbocycles. The lowest BCUT2D eigenvalue weighted by Crippen LogP contribution is -2.43. The Labute approximate surface area is 128 Å². The first kappa shape index (κ1) is 16.2. The minimum absolute atomic E-state index is 0.0425. The van der Waals surface area contributed by atoms with E-state index < -0.39 is 0 Å². The van der Waals surface area contributed by atoms with Crippen LogP contribution < -0.4 is 0 Å². The summed E-state index contributed by atoms with van der Waals surface area (Å²) in [5.74, 6) is -0.0752. The zero-order valence-corrected chi connectivity index (χ0v) is 14.0. The zero-order valence-electron chi connectivity index (χ0n) is 11.9. The average Bonchev–Trinajstić information content (AvgIpc) is 2.32. The molecule has 19 heavy (non-hydrogen) atoms. The lowest BCUT2D eigenvalue weighted by molar-refractivity contribution is 0.0676. The van der Waals surface area contributed by atoms with Gasteiger partial charge in [0.05, 0.1) is 5.56 Å². The van der Waals surface area contributed by atoms with E-state index in [2.05, 4.69) is 27.5 Å². The van der Waals surface area contributed by atoms with Crippen molar-refractivity contribution in [3.63, 3.8) is 0 Å². The second-order valence-corrected chi connectivity index (χ2v) is 6.11. The van der Waals surface area contributed by atoms with Gasteiger partial charge in [0.25, 0.3) is 5.91 Å². The Kier molecular flexibility index (Phi) is 6.06. The molecule has 0 aliphatic rings. The molecule has 0 saturated carbocycles. The van der Waals surface area contributed by atoms with E-state index in [0.717, 1.165) is 10.1 Å². The number of phenolic OH excluding ortho intramolecular Hbond substituents is 1. The van der Waals surface area contributed by atoms with Gasteiger partial charge in [-0.3, -0.25) is 4.79 Å². The molecule has 0 bridgehead atoms. The van der Waals surface area contributed by atoms with Crippen LogP contribution in [0.15, 0.2) is 18.2 Å². The van der Waals surface area contributed by atoms with E-state index in [4.69, 9.17) is 0 Å². The Morgan fingerprint density at radius 3 is 2.58 bits per heavy atom. The van der Waals surface area contributed by atoms with Crippen molar-refractivity contribution < 1.29 is 9.90 Å². The fourth-order valence-electron chi connectivity index (χ4n) is 2.12. The normalized spacial score (nSPS) is 12.5. The van der Waals surface area contributed by atoms with Gasteiger partial charge in [-0.25, -0.2) is 0 Å². The minimum Gasteiger partial charge on any atom is -0.507 e. The number of hydrogen-bond donors (Lipinski definition) is 1. The van der Waals surface area contributed by atoms with Crippen LogP contribution in [0.5, 0.6) is 5.75 Å².